The number of hydrogen-bond donors (Lipinski definition) is 4. The molecule has 226 valence electrons. The van der Waals surface area contributed by atoms with Crippen LogP contribution in [0.15, 0.2) is 48.8 Å². The highest BCUT2D eigenvalue weighted by atomic mass is 31.2. The number of nitrogen functional groups attached to an aromatic ring is 1. The second-order valence-electron chi connectivity index (χ2n) is 9.99. The van der Waals surface area contributed by atoms with E-state index in [1.807, 2.05) is 13.8 Å². The minimum absolute atomic E-state index is 0.175. The van der Waals surface area contributed by atoms with E-state index in [0.29, 0.717) is 5.52 Å². The van der Waals surface area contributed by atoms with Gasteiger partial charge in [-0.2, -0.15) is 10.2 Å². The molecule has 0 saturated carbocycles. The first kappa shape index (κ1) is 31.4. The number of hydrogen-bond acceptors (Lipinski definition) is 11. The van der Waals surface area contributed by atoms with E-state index in [2.05, 4.69) is 21.1 Å². The molecule has 0 spiro atoms. The number of anilines is 1. The average molecular weight is 602 g/mol. The largest absolute Gasteiger partial charge is 0.464 e. The van der Waals surface area contributed by atoms with E-state index in [4.69, 9.17) is 30.7 Å². The summed E-state index contributed by atoms with van der Waals surface area (Å²) in [5, 5.41) is 28.8. The Morgan fingerprint density at radius 3 is 2.64 bits per heavy atom. The van der Waals surface area contributed by atoms with Gasteiger partial charge in [-0.25, -0.2) is 14.1 Å². The van der Waals surface area contributed by atoms with Gasteiger partial charge in [-0.15, -0.1) is 6.42 Å². The lowest BCUT2D eigenvalue weighted by molar-refractivity contribution is -0.146. The number of terminal acetylenes is 1. The van der Waals surface area contributed by atoms with Gasteiger partial charge in [-0.3, -0.25) is 9.32 Å². The second-order valence-corrected chi connectivity index (χ2v) is 11.7. The van der Waals surface area contributed by atoms with Gasteiger partial charge < -0.3 is 29.9 Å². The molecule has 13 nitrogen and oxygen atoms in total. The number of aliphatic hydroxyl groups excluding tert-OH is 2. The van der Waals surface area contributed by atoms with Crippen LogP contribution >= 0.6 is 7.75 Å². The van der Waals surface area contributed by atoms with Crippen LogP contribution in [0, 0.1) is 18.3 Å². The van der Waals surface area contributed by atoms with E-state index in [-0.39, 0.29) is 29.8 Å². The molecule has 3 heterocycles. The number of nitrogens with zero attached hydrogens (tertiary/aromatic N) is 3. The summed E-state index contributed by atoms with van der Waals surface area (Å²) in [7, 11) is -4.28. The molecule has 0 bridgehead atoms. The van der Waals surface area contributed by atoms with E-state index in [1.165, 1.54) is 17.8 Å². The van der Waals surface area contributed by atoms with E-state index >= 15 is 0 Å². The highest BCUT2D eigenvalue weighted by molar-refractivity contribution is 7.52. The summed E-state index contributed by atoms with van der Waals surface area (Å²) in [4.78, 5) is 16.6. The number of nitrogens with one attached hydrogen (secondary N) is 1. The van der Waals surface area contributed by atoms with Crippen molar-refractivity contribution in [2.24, 2.45) is 5.92 Å². The van der Waals surface area contributed by atoms with Crippen LogP contribution in [0.5, 0.6) is 5.75 Å². The van der Waals surface area contributed by atoms with Crippen LogP contribution in [0.1, 0.15) is 39.3 Å². The number of benzene rings is 1. The van der Waals surface area contributed by atoms with Crippen LogP contribution in [0.4, 0.5) is 5.82 Å². The molecule has 3 aromatic rings. The zero-order valence-corrected chi connectivity index (χ0v) is 24.5. The number of aliphatic hydroxyl groups is 2. The van der Waals surface area contributed by atoms with Crippen molar-refractivity contribution in [3.8, 4) is 18.1 Å². The Hall–Kier alpha value is -3.50. The fourth-order valence-corrected chi connectivity index (χ4v) is 6.12. The smallest absolute Gasteiger partial charge is 0.459 e. The maximum Gasteiger partial charge on any atom is 0.459 e. The normalized spacial score (nSPS) is 24.3. The number of fused-ring (bicyclic) bond motifs is 1. The molecular weight excluding hydrogens is 565 g/mol. The van der Waals surface area contributed by atoms with Gasteiger partial charge in [-0.05, 0) is 37.1 Å². The summed E-state index contributed by atoms with van der Waals surface area (Å²) >= 11 is 0. The van der Waals surface area contributed by atoms with E-state index in [9.17, 15) is 19.6 Å². The van der Waals surface area contributed by atoms with Gasteiger partial charge >= 0.3 is 13.7 Å². The molecule has 4 rings (SSSR count). The summed E-state index contributed by atoms with van der Waals surface area (Å²) in [6.07, 6.45) is 4.31. The van der Waals surface area contributed by atoms with Gasteiger partial charge in [0.05, 0.1) is 18.9 Å². The van der Waals surface area contributed by atoms with Gasteiger partial charge in [0, 0.05) is 0 Å². The molecule has 14 heteroatoms. The molecule has 1 aromatic carbocycles. The Morgan fingerprint density at radius 2 is 1.98 bits per heavy atom. The Bertz CT molecular complexity index is 1460. The molecule has 1 aliphatic heterocycles. The first-order valence-electron chi connectivity index (χ1n) is 13.6. The van der Waals surface area contributed by atoms with Crippen molar-refractivity contribution in [3.05, 3.63) is 54.5 Å². The van der Waals surface area contributed by atoms with Gasteiger partial charge in [0.25, 0.3) is 0 Å². The lowest BCUT2D eigenvalue weighted by Gasteiger charge is -2.26. The van der Waals surface area contributed by atoms with Crippen LogP contribution < -0.4 is 15.3 Å². The van der Waals surface area contributed by atoms with Crippen molar-refractivity contribution in [3.63, 3.8) is 0 Å². The molecule has 1 aliphatic rings. The number of esters is 1. The zero-order chi connectivity index (χ0) is 30.5. The van der Waals surface area contributed by atoms with Crippen LogP contribution in [0.2, 0.25) is 0 Å². The third-order valence-corrected chi connectivity index (χ3v) is 8.88. The Morgan fingerprint density at radius 1 is 1.26 bits per heavy atom. The minimum atomic E-state index is -4.28. The molecule has 0 amide bonds. The molecule has 42 heavy (non-hydrogen) atoms. The van der Waals surface area contributed by atoms with Crippen LogP contribution in [0.3, 0.4) is 0 Å². The molecule has 5 N–H and O–H groups in total. The Kier molecular flexibility index (Phi) is 9.89. The Labute approximate surface area is 243 Å². The first-order valence-corrected chi connectivity index (χ1v) is 15.2. The number of carbonyl (C=O) groups excluding carboxylic acids is 1. The number of para-hydroxylation sites is 1. The topological polar surface area (TPSA) is 180 Å². The van der Waals surface area contributed by atoms with Crippen molar-refractivity contribution in [1.29, 1.82) is 0 Å². The van der Waals surface area contributed by atoms with E-state index < -0.39 is 50.3 Å². The fraction of sp³-hybridized carbons (Fsp3) is 0.464. The third kappa shape index (κ3) is 6.44. The molecule has 0 radical (unpaired) electrons. The van der Waals surface area contributed by atoms with Gasteiger partial charge in [0.2, 0.25) is 0 Å². The van der Waals surface area contributed by atoms with Crippen LogP contribution in [-0.2, 0) is 29.0 Å². The summed E-state index contributed by atoms with van der Waals surface area (Å²) in [6.45, 7) is 5.18. The quantitative estimate of drug-likeness (QED) is 0.128. The molecule has 1 fully saturated rings. The van der Waals surface area contributed by atoms with Gasteiger partial charge in [0.1, 0.15) is 41.9 Å². The highest BCUT2D eigenvalue weighted by Gasteiger charge is 2.56. The van der Waals surface area contributed by atoms with Crippen molar-refractivity contribution in [2.75, 3.05) is 18.9 Å². The maximum atomic E-state index is 13.9. The van der Waals surface area contributed by atoms with Crippen LogP contribution in [-0.4, -0.2) is 68.3 Å². The lowest BCUT2D eigenvalue weighted by Crippen LogP contribution is -2.41. The van der Waals surface area contributed by atoms with Crippen molar-refractivity contribution >= 4 is 25.1 Å². The molecule has 2 aromatic heterocycles. The van der Waals surface area contributed by atoms with Crippen molar-refractivity contribution in [1.82, 2.24) is 19.7 Å². The summed E-state index contributed by atoms with van der Waals surface area (Å²) in [5.41, 5.74) is 4.71. The summed E-state index contributed by atoms with van der Waals surface area (Å²) in [6, 6.07) is 10.3. The molecule has 0 aliphatic carbocycles. The summed E-state index contributed by atoms with van der Waals surface area (Å²) in [5.74, 6) is 2.38. The number of nitrogens with two attached hydrogens (primary N) is 1. The third-order valence-electron chi connectivity index (χ3n) is 7.23. The highest BCUT2D eigenvalue weighted by Crippen LogP contribution is 2.47. The number of carbonyl (C=O) groups is 1. The predicted octanol–water partition coefficient (Wildman–Crippen LogP) is 2.42. The Balaban J connectivity index is 1.53. The SMILES string of the molecule is C#C[C@@]1(c2ccc3c(N)ncnn23)O[C@H](COP(=O)(N[C@@H](C)C(=O)OCC(CC)CC)Oc2ccccc2)[C@@H](O)[C@H]1O. The molecule has 1 saturated heterocycles. The standard InChI is InChI=1S/C28H36N5O8P/c1-5-19(6-2)15-38-27(36)18(4)32-42(37,41-20-11-9-8-10-12-20)39-16-22-24(34)25(35)28(7-3,40-22)23-14-13-21-26(29)30-17-31-33(21)23/h3,8-14,17-19,22,24-25,34-35H,5-6,15-16H2,1-2,4H3,(H,32,37)(H2,29,30,31)/t18-,22+,24+,25+,28-,42?/m0/s1. The van der Waals surface area contributed by atoms with Crippen LogP contribution in [0.25, 0.3) is 5.52 Å². The lowest BCUT2D eigenvalue weighted by atomic mass is 9.92. The molecule has 6 atom stereocenters. The van der Waals surface area contributed by atoms with Gasteiger partial charge in [0.15, 0.2) is 11.4 Å². The second kappa shape index (κ2) is 13.2. The fourth-order valence-electron chi connectivity index (χ4n) is 4.61. The number of ether oxygens (including phenoxy) is 2. The number of rotatable bonds is 13. The zero-order valence-electron chi connectivity index (χ0n) is 23.6. The van der Waals surface area contributed by atoms with Gasteiger partial charge in [-0.1, -0.05) is 50.8 Å². The molecular formula is C28H36N5O8P. The monoisotopic (exact) mass is 601 g/mol. The predicted molar refractivity (Wildman–Crippen MR) is 153 cm³/mol. The minimum Gasteiger partial charge on any atom is -0.464 e. The molecule has 1 unspecified atom stereocenters. The van der Waals surface area contributed by atoms with Crippen molar-refractivity contribution in [2.45, 2.75) is 63.6 Å². The van der Waals surface area contributed by atoms with E-state index in [1.54, 1.807) is 42.5 Å². The average Bonchev–Trinajstić information content (AvgIpc) is 3.53. The summed E-state index contributed by atoms with van der Waals surface area (Å²) < 4.78 is 38.1. The van der Waals surface area contributed by atoms with E-state index in [0.717, 1.165) is 12.8 Å². The van der Waals surface area contributed by atoms with Crippen molar-refractivity contribution < 1.29 is 38.1 Å². The number of aromatic nitrogens is 3. The maximum absolute atomic E-state index is 13.9. The first-order chi connectivity index (χ1) is 20.1.